The molecule has 4 rings (SSSR count). The van der Waals surface area contributed by atoms with Gasteiger partial charge in [-0.1, -0.05) is 44.1 Å². The van der Waals surface area contributed by atoms with Gasteiger partial charge in [-0.2, -0.15) is 0 Å². The number of pyridine rings is 1. The molecule has 0 spiro atoms. The predicted molar refractivity (Wildman–Crippen MR) is 128 cm³/mol. The van der Waals surface area contributed by atoms with Crippen molar-refractivity contribution in [1.82, 2.24) is 4.98 Å². The van der Waals surface area contributed by atoms with Crippen molar-refractivity contribution in [2.45, 2.75) is 77.3 Å². The van der Waals surface area contributed by atoms with E-state index in [0.29, 0.717) is 17.5 Å². The number of carbonyl (C=O) groups excluding carboxylic acids is 1. The number of allylic oxidation sites excluding steroid dienone is 1. The molecule has 0 bridgehead atoms. The van der Waals surface area contributed by atoms with Gasteiger partial charge in [0.1, 0.15) is 5.82 Å². The van der Waals surface area contributed by atoms with Crippen molar-refractivity contribution in [3.05, 3.63) is 64.2 Å². The summed E-state index contributed by atoms with van der Waals surface area (Å²) in [4.78, 5) is 18.0. The second-order valence-electron chi connectivity index (χ2n) is 9.48. The molecule has 2 aliphatic carbocycles. The van der Waals surface area contributed by atoms with Crippen molar-refractivity contribution in [2.75, 3.05) is 5.32 Å². The van der Waals surface area contributed by atoms with Gasteiger partial charge in [0.25, 0.3) is 0 Å². The maximum atomic E-state index is 13.3. The van der Waals surface area contributed by atoms with E-state index in [1.807, 2.05) is 0 Å². The smallest absolute Gasteiger partial charge is 0.170 e. The van der Waals surface area contributed by atoms with Crippen LogP contribution in [0.25, 0.3) is 6.08 Å². The van der Waals surface area contributed by atoms with Crippen LogP contribution < -0.4 is 11.1 Å². The second kappa shape index (κ2) is 9.95. The van der Waals surface area contributed by atoms with E-state index in [2.05, 4.69) is 25.2 Å². The van der Waals surface area contributed by atoms with Crippen LogP contribution in [0.5, 0.6) is 0 Å². The van der Waals surface area contributed by atoms with Crippen molar-refractivity contribution in [3.8, 4) is 0 Å². The fourth-order valence-corrected chi connectivity index (χ4v) is 4.94. The predicted octanol–water partition coefficient (Wildman–Crippen LogP) is 5.70. The number of benzene rings is 1. The molecule has 1 aromatic carbocycles. The van der Waals surface area contributed by atoms with E-state index in [-0.39, 0.29) is 24.1 Å². The number of Topliss-reactive ketones (excluding diaryl/α,β-unsaturated/α-hetero) is 1. The Bertz CT molecular complexity index is 991. The summed E-state index contributed by atoms with van der Waals surface area (Å²) in [6, 6.07) is 6.74. The fraction of sp³-hybridized carbons (Fsp3) is 0.481. The highest BCUT2D eigenvalue weighted by molar-refractivity contribution is 6.04. The summed E-state index contributed by atoms with van der Waals surface area (Å²) in [6.07, 6.45) is 11.4. The van der Waals surface area contributed by atoms with Crippen LogP contribution in [0.1, 0.15) is 79.6 Å². The molecule has 1 heterocycles. The normalized spacial score (nSPS) is 21.1. The lowest BCUT2D eigenvalue weighted by Crippen LogP contribution is -2.33. The third-order valence-corrected chi connectivity index (χ3v) is 6.95. The second-order valence-corrected chi connectivity index (χ2v) is 9.48. The van der Waals surface area contributed by atoms with Gasteiger partial charge in [-0.05, 0) is 55.7 Å². The Labute approximate surface area is 190 Å². The summed E-state index contributed by atoms with van der Waals surface area (Å²) in [5.74, 6) is 0.218. The van der Waals surface area contributed by atoms with Gasteiger partial charge in [0.05, 0.1) is 16.9 Å². The molecule has 170 valence electrons. The SMILES string of the molecule is CCC[C@H](C)C1=Cc2c(ncc(C(=O)Cc3ccc(F)cc3)c2NC2CCC(N)CC2)C1. The quantitative estimate of drug-likeness (QED) is 0.522. The number of fused-ring (bicyclic) bond motifs is 1. The summed E-state index contributed by atoms with van der Waals surface area (Å²) in [7, 11) is 0. The van der Waals surface area contributed by atoms with Gasteiger partial charge in [-0.15, -0.1) is 0 Å². The van der Waals surface area contributed by atoms with Gasteiger partial charge in [-0.25, -0.2) is 4.39 Å². The van der Waals surface area contributed by atoms with Crippen LogP contribution in [-0.2, 0) is 12.8 Å². The van der Waals surface area contributed by atoms with Crippen molar-refractivity contribution in [2.24, 2.45) is 11.7 Å². The lowest BCUT2D eigenvalue weighted by molar-refractivity contribution is 0.0993. The van der Waals surface area contributed by atoms with E-state index >= 15 is 0 Å². The van der Waals surface area contributed by atoms with E-state index < -0.39 is 0 Å². The van der Waals surface area contributed by atoms with E-state index in [1.165, 1.54) is 17.7 Å². The van der Waals surface area contributed by atoms with Gasteiger partial charge in [0.15, 0.2) is 5.78 Å². The molecule has 1 fully saturated rings. The first-order valence-electron chi connectivity index (χ1n) is 12.0. The number of hydrogen-bond donors (Lipinski definition) is 2. The summed E-state index contributed by atoms with van der Waals surface area (Å²) in [5.41, 5.74) is 12.0. The number of carbonyl (C=O) groups is 1. The maximum absolute atomic E-state index is 13.3. The first-order chi connectivity index (χ1) is 15.4. The highest BCUT2D eigenvalue weighted by atomic mass is 19.1. The number of hydrogen-bond acceptors (Lipinski definition) is 4. The molecule has 0 amide bonds. The van der Waals surface area contributed by atoms with Crippen molar-refractivity contribution >= 4 is 17.5 Å². The molecule has 2 aromatic rings. The number of halogens is 1. The van der Waals surface area contributed by atoms with Crippen LogP contribution in [0.4, 0.5) is 10.1 Å². The Balaban J connectivity index is 1.65. The van der Waals surface area contributed by atoms with Crippen molar-refractivity contribution < 1.29 is 9.18 Å². The zero-order valence-electron chi connectivity index (χ0n) is 19.2. The summed E-state index contributed by atoms with van der Waals surface area (Å²) >= 11 is 0. The lowest BCUT2D eigenvalue weighted by atomic mass is 9.91. The minimum Gasteiger partial charge on any atom is -0.381 e. The molecule has 0 saturated heterocycles. The Hall–Kier alpha value is -2.53. The fourth-order valence-electron chi connectivity index (χ4n) is 4.94. The first kappa shape index (κ1) is 22.7. The highest BCUT2D eigenvalue weighted by Gasteiger charge is 2.27. The Morgan fingerprint density at radius 1 is 1.22 bits per heavy atom. The van der Waals surface area contributed by atoms with Crippen LogP contribution in [-0.4, -0.2) is 22.9 Å². The maximum Gasteiger partial charge on any atom is 0.170 e. The largest absolute Gasteiger partial charge is 0.381 e. The molecular weight excluding hydrogens is 401 g/mol. The number of anilines is 1. The van der Waals surface area contributed by atoms with E-state index in [4.69, 9.17) is 10.7 Å². The highest BCUT2D eigenvalue weighted by Crippen LogP contribution is 2.37. The molecule has 3 N–H and O–H groups in total. The molecule has 4 nitrogen and oxygen atoms in total. The number of nitrogens with zero attached hydrogens (tertiary/aromatic N) is 1. The van der Waals surface area contributed by atoms with Crippen LogP contribution in [0.15, 0.2) is 36.0 Å². The molecule has 5 heteroatoms. The van der Waals surface area contributed by atoms with Crippen molar-refractivity contribution in [3.63, 3.8) is 0 Å². The van der Waals surface area contributed by atoms with Crippen LogP contribution >= 0.6 is 0 Å². The third-order valence-electron chi connectivity index (χ3n) is 6.95. The topological polar surface area (TPSA) is 68.0 Å². The van der Waals surface area contributed by atoms with Crippen LogP contribution in [0.2, 0.25) is 0 Å². The number of nitrogens with two attached hydrogens (primary N) is 1. The van der Waals surface area contributed by atoms with Gasteiger partial charge in [0, 0.05) is 36.7 Å². The van der Waals surface area contributed by atoms with Crippen molar-refractivity contribution in [1.29, 1.82) is 0 Å². The number of aromatic nitrogens is 1. The Morgan fingerprint density at radius 3 is 2.62 bits per heavy atom. The van der Waals surface area contributed by atoms with Gasteiger partial charge in [-0.3, -0.25) is 9.78 Å². The number of nitrogens with one attached hydrogen (secondary N) is 1. The molecule has 2 aliphatic rings. The third kappa shape index (κ3) is 5.09. The molecule has 0 unspecified atom stereocenters. The van der Waals surface area contributed by atoms with Gasteiger partial charge in [0.2, 0.25) is 0 Å². The monoisotopic (exact) mass is 435 g/mol. The van der Waals surface area contributed by atoms with Gasteiger partial charge >= 0.3 is 0 Å². The first-order valence-corrected chi connectivity index (χ1v) is 12.0. The van der Waals surface area contributed by atoms with E-state index in [9.17, 15) is 9.18 Å². The van der Waals surface area contributed by atoms with E-state index in [1.54, 1.807) is 18.3 Å². The van der Waals surface area contributed by atoms with E-state index in [0.717, 1.165) is 67.5 Å². The number of rotatable bonds is 8. The minimum absolute atomic E-state index is 0.00498. The Kier molecular flexibility index (Phi) is 7.04. The summed E-state index contributed by atoms with van der Waals surface area (Å²) < 4.78 is 13.3. The standard InChI is InChI=1S/C27H34FN3O/c1-3-4-17(2)19-14-23-25(15-19)30-16-24(26(32)13-18-5-7-20(28)8-6-18)27(23)31-22-11-9-21(29)10-12-22/h5-8,14,16-17,21-22H,3-4,9-13,15,29H2,1-2H3,(H,30,31)/t17-,21?,22?/m0/s1. The number of ketones is 1. The molecule has 0 aliphatic heterocycles. The van der Waals surface area contributed by atoms with Crippen LogP contribution in [0.3, 0.4) is 0 Å². The Morgan fingerprint density at radius 2 is 1.94 bits per heavy atom. The molecule has 1 atom stereocenters. The molecule has 1 saturated carbocycles. The zero-order chi connectivity index (χ0) is 22.7. The van der Waals surface area contributed by atoms with Crippen LogP contribution in [0, 0.1) is 11.7 Å². The minimum atomic E-state index is -0.294. The summed E-state index contributed by atoms with van der Waals surface area (Å²) in [6.45, 7) is 4.49. The average Bonchev–Trinajstić information content (AvgIpc) is 3.22. The summed E-state index contributed by atoms with van der Waals surface area (Å²) in [5, 5.41) is 3.72. The van der Waals surface area contributed by atoms with Gasteiger partial charge < -0.3 is 11.1 Å². The molecular formula is C27H34FN3O. The molecule has 0 radical (unpaired) electrons. The lowest BCUT2D eigenvalue weighted by Gasteiger charge is -2.29. The molecule has 1 aromatic heterocycles. The molecule has 32 heavy (non-hydrogen) atoms. The average molecular weight is 436 g/mol. The zero-order valence-corrected chi connectivity index (χ0v) is 19.2.